The van der Waals surface area contributed by atoms with Crippen LogP contribution in [0, 0.1) is 24.1 Å². The Morgan fingerprint density at radius 2 is 1.69 bits per heavy atom. The molecule has 2 aromatic carbocycles. The molecule has 1 amide bonds. The number of anilines is 2. The van der Waals surface area contributed by atoms with Gasteiger partial charge in [0.25, 0.3) is 11.5 Å². The molecule has 0 unspecified atom stereocenters. The van der Waals surface area contributed by atoms with E-state index in [0.29, 0.717) is 71.1 Å². The normalized spacial score (nSPS) is 16.4. The maximum absolute atomic E-state index is 14.5. The summed E-state index contributed by atoms with van der Waals surface area (Å²) in [5.41, 5.74) is 2.48. The Bertz CT molecular complexity index is 1640. The van der Waals surface area contributed by atoms with E-state index in [1.807, 2.05) is 41.3 Å². The van der Waals surface area contributed by atoms with E-state index in [4.69, 9.17) is 12.2 Å². The fourth-order valence-electron chi connectivity index (χ4n) is 5.41. The Kier molecular flexibility index (Phi) is 9.09. The Morgan fingerprint density at radius 1 is 1.02 bits per heavy atom. The molecular formula is C32H32FN5O2S2. The number of para-hydroxylation sites is 1. The van der Waals surface area contributed by atoms with Gasteiger partial charge in [-0.1, -0.05) is 79.8 Å². The van der Waals surface area contributed by atoms with Crippen LogP contribution in [0.1, 0.15) is 42.0 Å². The van der Waals surface area contributed by atoms with Crippen molar-refractivity contribution in [3.63, 3.8) is 0 Å². The third-order valence-electron chi connectivity index (χ3n) is 7.69. The van der Waals surface area contributed by atoms with Gasteiger partial charge in [0.1, 0.15) is 27.6 Å². The molecule has 10 heteroatoms. The highest BCUT2D eigenvalue weighted by Gasteiger charge is 2.34. The van der Waals surface area contributed by atoms with Crippen LogP contribution in [0.3, 0.4) is 0 Å². The molecule has 2 saturated heterocycles. The molecule has 0 atom stereocenters. The molecule has 216 valence electrons. The Labute approximate surface area is 254 Å². The van der Waals surface area contributed by atoms with Crippen LogP contribution in [-0.4, -0.2) is 45.9 Å². The van der Waals surface area contributed by atoms with Crippen molar-refractivity contribution in [2.24, 2.45) is 0 Å². The first-order chi connectivity index (χ1) is 20.3. The minimum atomic E-state index is -0.330. The first-order valence-electron chi connectivity index (χ1n) is 14.0. The van der Waals surface area contributed by atoms with E-state index in [1.54, 1.807) is 34.6 Å². The lowest BCUT2D eigenvalue weighted by Gasteiger charge is -2.39. The Morgan fingerprint density at radius 3 is 2.36 bits per heavy atom. The van der Waals surface area contributed by atoms with Gasteiger partial charge in [-0.05, 0) is 42.7 Å². The van der Waals surface area contributed by atoms with Crippen LogP contribution in [0.25, 0.3) is 6.08 Å². The van der Waals surface area contributed by atoms with Gasteiger partial charge in [-0.2, -0.15) is 5.26 Å². The third-order valence-corrected chi connectivity index (χ3v) is 9.06. The maximum Gasteiger partial charge on any atom is 0.270 e. The fraction of sp³-hybridized carbons (Fsp3) is 0.312. The smallest absolute Gasteiger partial charge is 0.270 e. The van der Waals surface area contributed by atoms with Crippen LogP contribution >= 0.6 is 24.0 Å². The van der Waals surface area contributed by atoms with Gasteiger partial charge in [0.05, 0.1) is 17.1 Å². The summed E-state index contributed by atoms with van der Waals surface area (Å²) >= 11 is 6.83. The number of hydrogen-bond acceptors (Lipinski definition) is 7. The van der Waals surface area contributed by atoms with Gasteiger partial charge in [-0.15, -0.1) is 0 Å². The zero-order chi connectivity index (χ0) is 29.8. The SMILES string of the molecule is CCCCn1c(N2CCN(c3ccccc3F)CC2)c(/C=C2\SC(=S)N(Cc3ccccc3)C2=O)c(C)c(C#N)c1=O. The summed E-state index contributed by atoms with van der Waals surface area (Å²) in [7, 11) is 0. The van der Waals surface area contributed by atoms with Crippen molar-refractivity contribution in [2.45, 2.75) is 39.8 Å². The molecule has 2 aliphatic heterocycles. The highest BCUT2D eigenvalue weighted by atomic mass is 32.2. The molecule has 3 aromatic rings. The van der Waals surface area contributed by atoms with E-state index >= 15 is 0 Å². The van der Waals surface area contributed by atoms with Crippen molar-refractivity contribution in [1.82, 2.24) is 9.47 Å². The molecule has 0 spiro atoms. The molecule has 42 heavy (non-hydrogen) atoms. The average Bonchev–Trinajstić information content (AvgIpc) is 3.26. The average molecular weight is 602 g/mol. The predicted molar refractivity (Wildman–Crippen MR) is 171 cm³/mol. The highest BCUT2D eigenvalue weighted by molar-refractivity contribution is 8.26. The van der Waals surface area contributed by atoms with Crippen LogP contribution in [0.4, 0.5) is 15.9 Å². The van der Waals surface area contributed by atoms with E-state index in [2.05, 4.69) is 17.9 Å². The summed E-state index contributed by atoms with van der Waals surface area (Å²) < 4.78 is 16.7. The second-order valence-corrected chi connectivity index (χ2v) is 12.0. The van der Waals surface area contributed by atoms with Crippen LogP contribution in [-0.2, 0) is 17.9 Å². The standard InChI is InChI=1S/C32H32FN5O2S2/c1-3-4-14-37-29(36-17-15-35(16-18-36)27-13-9-8-12-26(27)33)24(22(2)25(20-34)30(37)39)19-28-31(40)38(32(41)42-28)21-23-10-6-5-7-11-23/h5-13,19H,3-4,14-18,21H2,1-2H3/b28-19-. The second kappa shape index (κ2) is 12.9. The van der Waals surface area contributed by atoms with Gasteiger partial charge in [-0.25, -0.2) is 4.39 Å². The molecule has 0 aliphatic carbocycles. The molecule has 5 rings (SSSR count). The molecule has 7 nitrogen and oxygen atoms in total. The molecule has 0 saturated carbocycles. The van der Waals surface area contributed by atoms with Crippen LogP contribution in [0.2, 0.25) is 0 Å². The number of halogens is 1. The van der Waals surface area contributed by atoms with E-state index in [9.17, 15) is 19.2 Å². The lowest BCUT2D eigenvalue weighted by Crippen LogP contribution is -2.49. The van der Waals surface area contributed by atoms with E-state index in [1.165, 1.54) is 17.8 Å². The number of thiocarbonyl (C=S) groups is 1. The number of pyridine rings is 1. The summed E-state index contributed by atoms with van der Waals surface area (Å²) in [6.07, 6.45) is 3.42. The predicted octanol–water partition coefficient (Wildman–Crippen LogP) is 5.70. The highest BCUT2D eigenvalue weighted by Crippen LogP contribution is 2.37. The summed E-state index contributed by atoms with van der Waals surface area (Å²) in [5, 5.41) is 9.98. The Hall–Kier alpha value is -3.94. The van der Waals surface area contributed by atoms with Crippen molar-refractivity contribution in [3.05, 3.63) is 97.9 Å². The van der Waals surface area contributed by atoms with Crippen LogP contribution in [0.5, 0.6) is 0 Å². The monoisotopic (exact) mass is 601 g/mol. The summed E-state index contributed by atoms with van der Waals surface area (Å²) in [6, 6.07) is 18.5. The number of amides is 1. The van der Waals surface area contributed by atoms with Gasteiger partial charge in [0.2, 0.25) is 0 Å². The molecule has 3 heterocycles. The van der Waals surface area contributed by atoms with Gasteiger partial charge >= 0.3 is 0 Å². The number of carbonyl (C=O) groups is 1. The van der Waals surface area contributed by atoms with Crippen LogP contribution < -0.4 is 15.4 Å². The zero-order valence-electron chi connectivity index (χ0n) is 23.7. The number of nitriles is 1. The van der Waals surface area contributed by atoms with Crippen LogP contribution in [0.15, 0.2) is 64.3 Å². The molecule has 0 radical (unpaired) electrons. The topological polar surface area (TPSA) is 72.6 Å². The minimum Gasteiger partial charge on any atom is -0.366 e. The molecule has 0 N–H and O–H groups in total. The summed E-state index contributed by atoms with van der Waals surface area (Å²) in [5.74, 6) is 0.220. The number of carbonyl (C=O) groups excluding carboxylic acids is 1. The lowest BCUT2D eigenvalue weighted by atomic mass is 10.0. The number of benzene rings is 2. The number of unbranched alkanes of at least 4 members (excludes halogenated alkanes) is 1. The van der Waals surface area contributed by atoms with Gasteiger partial charge in [-0.3, -0.25) is 19.1 Å². The molecular weight excluding hydrogens is 570 g/mol. The van der Waals surface area contributed by atoms with Gasteiger partial charge in [0, 0.05) is 38.3 Å². The largest absolute Gasteiger partial charge is 0.366 e. The van der Waals surface area contributed by atoms with E-state index in [0.717, 1.165) is 18.4 Å². The molecule has 2 aliphatic rings. The second-order valence-electron chi connectivity index (χ2n) is 10.3. The van der Waals surface area contributed by atoms with Crippen molar-refractivity contribution in [2.75, 3.05) is 36.0 Å². The maximum atomic E-state index is 14.5. The first kappa shape index (κ1) is 29.5. The van der Waals surface area contributed by atoms with Gasteiger partial charge < -0.3 is 9.80 Å². The number of hydrogen-bond donors (Lipinski definition) is 0. The number of rotatable bonds is 8. The Balaban J connectivity index is 1.55. The first-order valence-corrected chi connectivity index (χ1v) is 15.3. The number of piperazine rings is 1. The lowest BCUT2D eigenvalue weighted by molar-refractivity contribution is -0.122. The molecule has 2 fully saturated rings. The van der Waals surface area contributed by atoms with E-state index < -0.39 is 0 Å². The zero-order valence-corrected chi connectivity index (χ0v) is 25.3. The quantitative estimate of drug-likeness (QED) is 0.243. The number of thioether (sulfide) groups is 1. The fourth-order valence-corrected chi connectivity index (χ4v) is 6.65. The molecule has 0 bridgehead atoms. The van der Waals surface area contributed by atoms with Crippen molar-refractivity contribution < 1.29 is 9.18 Å². The van der Waals surface area contributed by atoms with Crippen molar-refractivity contribution in [1.29, 1.82) is 5.26 Å². The van der Waals surface area contributed by atoms with Crippen molar-refractivity contribution >= 4 is 51.8 Å². The minimum absolute atomic E-state index is 0.0749. The van der Waals surface area contributed by atoms with Gasteiger partial charge in [0.15, 0.2) is 0 Å². The summed E-state index contributed by atoms with van der Waals surface area (Å²) in [6.45, 7) is 6.83. The molecule has 1 aromatic heterocycles. The summed E-state index contributed by atoms with van der Waals surface area (Å²) in [4.78, 5) is 33.4. The van der Waals surface area contributed by atoms with Crippen molar-refractivity contribution in [3.8, 4) is 6.07 Å². The number of aromatic nitrogens is 1. The third kappa shape index (κ3) is 5.85. The number of nitrogens with zero attached hydrogens (tertiary/aromatic N) is 5. The van der Waals surface area contributed by atoms with E-state index in [-0.39, 0.29) is 22.8 Å².